The molecule has 0 aliphatic carbocycles. The maximum atomic E-state index is 11.9. The Morgan fingerprint density at radius 2 is 1.90 bits per heavy atom. The van der Waals surface area contributed by atoms with Crippen LogP contribution in [0.2, 0.25) is 0 Å². The van der Waals surface area contributed by atoms with Crippen LogP contribution in [-0.4, -0.2) is 36.5 Å². The van der Waals surface area contributed by atoms with Gasteiger partial charge in [0.25, 0.3) is 0 Å². The van der Waals surface area contributed by atoms with Crippen molar-refractivity contribution in [1.82, 2.24) is 0 Å². The maximum absolute atomic E-state index is 11.9. The molecule has 118 valence electrons. The Balaban J connectivity index is 2.72. The van der Waals surface area contributed by atoms with Crippen LogP contribution in [0.15, 0.2) is 18.2 Å². The second-order valence-corrected chi connectivity index (χ2v) is 6.02. The Morgan fingerprint density at radius 3 is 2.38 bits per heavy atom. The number of sulfonamides is 1. The number of aromatic carboxylic acids is 1. The highest BCUT2D eigenvalue weighted by atomic mass is 32.2. The third kappa shape index (κ3) is 5.90. The summed E-state index contributed by atoms with van der Waals surface area (Å²) < 4.78 is 60.8. The number of phenols is 1. The summed E-state index contributed by atoms with van der Waals surface area (Å²) in [6, 6.07) is 2.93. The van der Waals surface area contributed by atoms with E-state index in [2.05, 4.69) is 0 Å². The molecule has 0 aliphatic heterocycles. The van der Waals surface area contributed by atoms with Gasteiger partial charge in [-0.15, -0.1) is 0 Å². The lowest BCUT2D eigenvalue weighted by Gasteiger charge is -2.10. The van der Waals surface area contributed by atoms with Crippen molar-refractivity contribution in [3.63, 3.8) is 0 Å². The van der Waals surface area contributed by atoms with Crippen LogP contribution < -0.4 is 4.72 Å². The fraction of sp³-hybridized carbons (Fsp3) is 0.364. The molecule has 10 heteroatoms. The average Bonchev–Trinajstić information content (AvgIpc) is 2.25. The molecule has 3 N–H and O–H groups in total. The molecule has 0 aromatic heterocycles. The van der Waals surface area contributed by atoms with Crippen molar-refractivity contribution in [1.29, 1.82) is 0 Å². The molecule has 0 saturated carbocycles. The zero-order chi connectivity index (χ0) is 16.3. The Kier molecular flexibility index (Phi) is 5.05. The highest BCUT2D eigenvalue weighted by Gasteiger charge is 2.27. The molecule has 0 saturated heterocycles. The van der Waals surface area contributed by atoms with Gasteiger partial charge in [-0.1, -0.05) is 0 Å². The van der Waals surface area contributed by atoms with Crippen LogP contribution in [0, 0.1) is 0 Å². The topological polar surface area (TPSA) is 104 Å². The molecule has 1 aromatic carbocycles. The normalized spacial score (nSPS) is 12.1. The first-order valence-corrected chi connectivity index (χ1v) is 7.29. The van der Waals surface area contributed by atoms with Crippen molar-refractivity contribution in [2.45, 2.75) is 19.0 Å². The van der Waals surface area contributed by atoms with E-state index in [9.17, 15) is 31.5 Å². The minimum Gasteiger partial charge on any atom is -0.507 e. The van der Waals surface area contributed by atoms with E-state index in [0.29, 0.717) is 0 Å². The van der Waals surface area contributed by atoms with Gasteiger partial charge in [-0.2, -0.15) is 13.2 Å². The number of halogens is 3. The van der Waals surface area contributed by atoms with Crippen LogP contribution in [0.1, 0.15) is 23.2 Å². The SMILES string of the molecule is O=C(O)c1ccc(NS(=O)(=O)CCCC(F)(F)F)cc1O. The number of benzene rings is 1. The zero-order valence-electron chi connectivity index (χ0n) is 10.5. The number of hydrogen-bond donors (Lipinski definition) is 3. The molecular weight excluding hydrogens is 315 g/mol. The number of rotatable bonds is 6. The average molecular weight is 327 g/mol. The fourth-order valence-corrected chi connectivity index (χ4v) is 2.58. The van der Waals surface area contributed by atoms with E-state index in [1.807, 2.05) is 4.72 Å². The second-order valence-electron chi connectivity index (χ2n) is 4.18. The van der Waals surface area contributed by atoms with Gasteiger partial charge < -0.3 is 10.2 Å². The van der Waals surface area contributed by atoms with Crippen LogP contribution >= 0.6 is 0 Å². The number of carboxylic acid groups (broad SMARTS) is 1. The van der Waals surface area contributed by atoms with E-state index < -0.39 is 52.1 Å². The minimum atomic E-state index is -4.43. The van der Waals surface area contributed by atoms with E-state index >= 15 is 0 Å². The standard InChI is InChI=1S/C11H12F3NO5S/c12-11(13,14)4-1-5-21(19,20)15-7-2-3-8(10(17)18)9(16)6-7/h2-3,6,15-16H,1,4-5H2,(H,17,18). The van der Waals surface area contributed by atoms with E-state index in [4.69, 9.17) is 5.11 Å². The molecule has 1 aromatic rings. The van der Waals surface area contributed by atoms with Gasteiger partial charge in [0.2, 0.25) is 10.0 Å². The monoisotopic (exact) mass is 327 g/mol. The van der Waals surface area contributed by atoms with Crippen molar-refractivity contribution in [3.05, 3.63) is 23.8 Å². The van der Waals surface area contributed by atoms with E-state index in [1.54, 1.807) is 0 Å². The molecule has 0 heterocycles. The Morgan fingerprint density at radius 1 is 1.29 bits per heavy atom. The molecule has 0 aliphatic rings. The number of anilines is 1. The van der Waals surface area contributed by atoms with Crippen molar-refractivity contribution in [2.75, 3.05) is 10.5 Å². The minimum absolute atomic E-state index is 0.135. The molecule has 0 spiro atoms. The Hall–Kier alpha value is -1.97. The molecule has 21 heavy (non-hydrogen) atoms. The molecule has 0 bridgehead atoms. The quantitative estimate of drug-likeness (QED) is 0.743. The van der Waals surface area contributed by atoms with Gasteiger partial charge in [-0.05, 0) is 18.6 Å². The van der Waals surface area contributed by atoms with Crippen molar-refractivity contribution < 1.29 is 36.6 Å². The van der Waals surface area contributed by atoms with Gasteiger partial charge >= 0.3 is 12.1 Å². The van der Waals surface area contributed by atoms with Crippen molar-refractivity contribution >= 4 is 21.7 Å². The largest absolute Gasteiger partial charge is 0.507 e. The number of hydrogen-bond acceptors (Lipinski definition) is 4. The Labute approximate surface area is 118 Å². The number of alkyl halides is 3. The number of aromatic hydroxyl groups is 1. The fourth-order valence-electron chi connectivity index (χ4n) is 1.47. The lowest BCUT2D eigenvalue weighted by Crippen LogP contribution is -2.19. The predicted molar refractivity (Wildman–Crippen MR) is 67.8 cm³/mol. The van der Waals surface area contributed by atoms with E-state index in [-0.39, 0.29) is 5.69 Å². The first-order chi connectivity index (χ1) is 9.50. The predicted octanol–water partition coefficient (Wildman–Crippen LogP) is 2.17. The first-order valence-electron chi connectivity index (χ1n) is 5.64. The van der Waals surface area contributed by atoms with Crippen LogP contribution in [0.25, 0.3) is 0 Å². The lowest BCUT2D eigenvalue weighted by atomic mass is 10.2. The molecule has 6 nitrogen and oxygen atoms in total. The van der Waals surface area contributed by atoms with Gasteiger partial charge in [0, 0.05) is 12.5 Å². The third-order valence-electron chi connectivity index (χ3n) is 2.37. The smallest absolute Gasteiger partial charge is 0.389 e. The molecular formula is C11H12F3NO5S. The summed E-state index contributed by atoms with van der Waals surface area (Å²) in [5, 5.41) is 18.1. The summed E-state index contributed by atoms with van der Waals surface area (Å²) in [4.78, 5) is 10.6. The number of nitrogens with one attached hydrogen (secondary N) is 1. The van der Waals surface area contributed by atoms with Crippen LogP contribution in [-0.2, 0) is 10.0 Å². The highest BCUT2D eigenvalue weighted by Crippen LogP contribution is 2.24. The maximum Gasteiger partial charge on any atom is 0.389 e. The van der Waals surface area contributed by atoms with Crippen LogP contribution in [0.5, 0.6) is 5.75 Å². The molecule has 1 rings (SSSR count). The number of carbonyl (C=O) groups is 1. The molecule has 0 atom stereocenters. The van der Waals surface area contributed by atoms with E-state index in [1.165, 1.54) is 0 Å². The molecule has 0 radical (unpaired) electrons. The van der Waals surface area contributed by atoms with Crippen LogP contribution in [0.3, 0.4) is 0 Å². The highest BCUT2D eigenvalue weighted by molar-refractivity contribution is 7.92. The van der Waals surface area contributed by atoms with Crippen molar-refractivity contribution in [2.24, 2.45) is 0 Å². The lowest BCUT2D eigenvalue weighted by molar-refractivity contribution is -0.134. The Bertz CT molecular complexity index is 627. The summed E-state index contributed by atoms with van der Waals surface area (Å²) in [5.74, 6) is -2.79. The third-order valence-corrected chi connectivity index (χ3v) is 3.75. The van der Waals surface area contributed by atoms with Crippen molar-refractivity contribution in [3.8, 4) is 5.75 Å². The van der Waals surface area contributed by atoms with Gasteiger partial charge in [-0.3, -0.25) is 4.72 Å². The molecule has 0 fully saturated rings. The second kappa shape index (κ2) is 6.20. The summed E-state index contributed by atoms with van der Waals surface area (Å²) in [7, 11) is -4.02. The van der Waals surface area contributed by atoms with Crippen LogP contribution in [0.4, 0.5) is 18.9 Å². The van der Waals surface area contributed by atoms with Gasteiger partial charge in [0.1, 0.15) is 11.3 Å². The first kappa shape index (κ1) is 17.1. The summed E-state index contributed by atoms with van der Waals surface area (Å²) in [6.07, 6.45) is -6.26. The molecule has 0 amide bonds. The number of carboxylic acids is 1. The zero-order valence-corrected chi connectivity index (χ0v) is 11.3. The van der Waals surface area contributed by atoms with Gasteiger partial charge in [-0.25, -0.2) is 13.2 Å². The molecule has 0 unspecified atom stereocenters. The van der Waals surface area contributed by atoms with Gasteiger partial charge in [0.05, 0.1) is 11.4 Å². The van der Waals surface area contributed by atoms with E-state index in [0.717, 1.165) is 18.2 Å². The summed E-state index contributed by atoms with van der Waals surface area (Å²) in [5.41, 5.74) is -0.556. The summed E-state index contributed by atoms with van der Waals surface area (Å²) >= 11 is 0. The van der Waals surface area contributed by atoms with Gasteiger partial charge in [0.15, 0.2) is 0 Å². The summed E-state index contributed by atoms with van der Waals surface area (Å²) in [6.45, 7) is 0.